The van der Waals surface area contributed by atoms with E-state index in [0.717, 1.165) is 12.0 Å². The molecule has 2 aromatic carbocycles. The van der Waals surface area contributed by atoms with Gasteiger partial charge in [0.25, 0.3) is 0 Å². The van der Waals surface area contributed by atoms with Gasteiger partial charge in [-0.2, -0.15) is 4.31 Å². The van der Waals surface area contributed by atoms with Crippen LogP contribution in [-0.4, -0.2) is 45.5 Å². The number of anilines is 1. The Morgan fingerprint density at radius 2 is 1.63 bits per heavy atom. The molecular formula is C24H34N2O3S. The zero-order valence-electron chi connectivity index (χ0n) is 18.8. The van der Waals surface area contributed by atoms with E-state index in [-0.39, 0.29) is 10.3 Å². The van der Waals surface area contributed by atoms with Crippen molar-refractivity contribution in [2.45, 2.75) is 51.3 Å². The van der Waals surface area contributed by atoms with Gasteiger partial charge in [-0.3, -0.25) is 0 Å². The molecule has 1 saturated heterocycles. The minimum atomic E-state index is -3.64. The Hall–Kier alpha value is -2.05. The maximum atomic E-state index is 13.6. The van der Waals surface area contributed by atoms with Gasteiger partial charge in [0.2, 0.25) is 10.0 Å². The van der Waals surface area contributed by atoms with Gasteiger partial charge in [0.05, 0.1) is 6.61 Å². The summed E-state index contributed by atoms with van der Waals surface area (Å²) in [6.45, 7) is 13.0. The van der Waals surface area contributed by atoms with Crippen LogP contribution in [0.5, 0.6) is 5.75 Å². The Morgan fingerprint density at radius 1 is 0.967 bits per heavy atom. The monoisotopic (exact) mass is 430 g/mol. The summed E-state index contributed by atoms with van der Waals surface area (Å²) in [6, 6.07) is 13.9. The van der Waals surface area contributed by atoms with Crippen LogP contribution in [0.4, 0.5) is 5.69 Å². The van der Waals surface area contributed by atoms with E-state index in [1.165, 1.54) is 11.3 Å². The van der Waals surface area contributed by atoms with Crippen LogP contribution in [0.1, 0.15) is 45.7 Å². The Balaban J connectivity index is 1.86. The Morgan fingerprint density at radius 3 is 2.23 bits per heavy atom. The molecule has 0 spiro atoms. The van der Waals surface area contributed by atoms with Gasteiger partial charge in [0.1, 0.15) is 10.6 Å². The first-order valence-electron chi connectivity index (χ1n) is 10.8. The molecule has 0 aliphatic carbocycles. The Kier molecular flexibility index (Phi) is 6.78. The highest BCUT2D eigenvalue weighted by Crippen LogP contribution is 2.33. The van der Waals surface area contributed by atoms with Crippen molar-refractivity contribution in [2.24, 2.45) is 0 Å². The standard InChI is InChI=1S/C24H34N2O3S/c1-6-19-10-8-9-11-21(19)25-14-16-26(17-15-25)30(27,28)23-18-20(24(3,4)5)12-13-22(23)29-7-2/h8-13,18H,6-7,14-17H2,1-5H3. The fourth-order valence-electron chi connectivity index (χ4n) is 3.88. The van der Waals surface area contributed by atoms with Gasteiger partial charge in [-0.15, -0.1) is 0 Å². The number of para-hydroxylation sites is 1. The number of nitrogens with zero attached hydrogens (tertiary/aromatic N) is 2. The maximum Gasteiger partial charge on any atom is 0.246 e. The largest absolute Gasteiger partial charge is 0.492 e. The van der Waals surface area contributed by atoms with Gasteiger partial charge < -0.3 is 9.64 Å². The number of hydrogen-bond acceptors (Lipinski definition) is 4. The van der Waals surface area contributed by atoms with Crippen LogP contribution in [-0.2, 0) is 21.9 Å². The van der Waals surface area contributed by atoms with Crippen LogP contribution >= 0.6 is 0 Å². The summed E-state index contributed by atoms with van der Waals surface area (Å²) in [7, 11) is -3.64. The van der Waals surface area contributed by atoms with Crippen LogP contribution in [0.15, 0.2) is 47.4 Å². The molecule has 164 valence electrons. The Bertz CT molecular complexity index is 972. The molecule has 1 aliphatic rings. The molecule has 0 N–H and O–H groups in total. The molecule has 1 fully saturated rings. The SMILES string of the molecule is CCOc1ccc(C(C)(C)C)cc1S(=O)(=O)N1CCN(c2ccccc2CC)CC1. The van der Waals surface area contributed by atoms with Crippen molar-refractivity contribution < 1.29 is 13.2 Å². The molecule has 0 aromatic heterocycles. The molecule has 30 heavy (non-hydrogen) atoms. The van der Waals surface area contributed by atoms with Crippen LogP contribution in [0.3, 0.4) is 0 Å². The summed E-state index contributed by atoms with van der Waals surface area (Å²) in [6.07, 6.45) is 0.964. The lowest BCUT2D eigenvalue weighted by Crippen LogP contribution is -2.49. The molecule has 0 atom stereocenters. The highest BCUT2D eigenvalue weighted by molar-refractivity contribution is 7.89. The average Bonchev–Trinajstić information content (AvgIpc) is 2.73. The van der Waals surface area contributed by atoms with Gasteiger partial charge in [0, 0.05) is 31.9 Å². The van der Waals surface area contributed by atoms with Crippen LogP contribution in [0.25, 0.3) is 0 Å². The van der Waals surface area contributed by atoms with Crippen LogP contribution in [0.2, 0.25) is 0 Å². The summed E-state index contributed by atoms with van der Waals surface area (Å²) in [5.41, 5.74) is 3.35. The lowest BCUT2D eigenvalue weighted by Gasteiger charge is -2.36. The lowest BCUT2D eigenvalue weighted by atomic mass is 9.87. The molecule has 0 amide bonds. The van der Waals surface area contributed by atoms with E-state index in [4.69, 9.17) is 4.74 Å². The van der Waals surface area contributed by atoms with Crippen molar-refractivity contribution in [3.63, 3.8) is 0 Å². The van der Waals surface area contributed by atoms with E-state index in [1.807, 2.05) is 19.1 Å². The number of piperazine rings is 1. The van der Waals surface area contributed by atoms with Crippen molar-refractivity contribution in [1.82, 2.24) is 4.31 Å². The van der Waals surface area contributed by atoms with Gasteiger partial charge in [-0.05, 0) is 48.1 Å². The summed E-state index contributed by atoms with van der Waals surface area (Å²) in [5, 5.41) is 0. The third kappa shape index (κ3) is 4.65. The maximum absolute atomic E-state index is 13.6. The summed E-state index contributed by atoms with van der Waals surface area (Å²) >= 11 is 0. The first kappa shape index (κ1) is 22.6. The summed E-state index contributed by atoms with van der Waals surface area (Å²) in [5.74, 6) is 0.434. The predicted octanol–water partition coefficient (Wildman–Crippen LogP) is 4.46. The number of sulfonamides is 1. The molecule has 0 saturated carbocycles. The first-order chi connectivity index (χ1) is 14.2. The summed E-state index contributed by atoms with van der Waals surface area (Å²) in [4.78, 5) is 2.57. The zero-order chi connectivity index (χ0) is 21.9. The fourth-order valence-corrected chi connectivity index (χ4v) is 5.46. The summed E-state index contributed by atoms with van der Waals surface area (Å²) < 4.78 is 34.4. The van der Waals surface area contributed by atoms with Crippen molar-refractivity contribution in [2.75, 3.05) is 37.7 Å². The number of rotatable bonds is 6. The molecule has 0 radical (unpaired) electrons. The normalized spacial score (nSPS) is 16.0. The first-order valence-corrected chi connectivity index (χ1v) is 12.2. The fraction of sp³-hybridized carbons (Fsp3) is 0.500. The van der Waals surface area contributed by atoms with Crippen molar-refractivity contribution in [3.05, 3.63) is 53.6 Å². The van der Waals surface area contributed by atoms with E-state index in [0.29, 0.717) is 38.5 Å². The second-order valence-corrected chi connectivity index (χ2v) is 10.6. The zero-order valence-corrected chi connectivity index (χ0v) is 19.6. The highest BCUT2D eigenvalue weighted by Gasteiger charge is 2.32. The second-order valence-electron chi connectivity index (χ2n) is 8.72. The smallest absolute Gasteiger partial charge is 0.246 e. The molecule has 0 bridgehead atoms. The quantitative estimate of drug-likeness (QED) is 0.679. The third-order valence-electron chi connectivity index (χ3n) is 5.68. The second kappa shape index (κ2) is 8.98. The average molecular weight is 431 g/mol. The lowest BCUT2D eigenvalue weighted by molar-refractivity contribution is 0.327. The highest BCUT2D eigenvalue weighted by atomic mass is 32.2. The molecule has 1 aliphatic heterocycles. The molecular weight excluding hydrogens is 396 g/mol. The van der Waals surface area contributed by atoms with Gasteiger partial charge in [-0.1, -0.05) is 52.0 Å². The van der Waals surface area contributed by atoms with Crippen molar-refractivity contribution in [1.29, 1.82) is 0 Å². The third-order valence-corrected chi connectivity index (χ3v) is 7.60. The minimum Gasteiger partial charge on any atom is -0.492 e. The number of hydrogen-bond donors (Lipinski definition) is 0. The van der Waals surface area contributed by atoms with Crippen molar-refractivity contribution in [3.8, 4) is 5.75 Å². The van der Waals surface area contributed by atoms with Gasteiger partial charge in [0.15, 0.2) is 0 Å². The topological polar surface area (TPSA) is 49.9 Å². The van der Waals surface area contributed by atoms with Gasteiger partial charge in [-0.25, -0.2) is 8.42 Å². The molecule has 6 heteroatoms. The molecule has 0 unspecified atom stereocenters. The van der Waals surface area contributed by atoms with Gasteiger partial charge >= 0.3 is 0 Å². The number of benzene rings is 2. The number of aryl methyl sites for hydroxylation is 1. The molecule has 2 aromatic rings. The van der Waals surface area contributed by atoms with Crippen molar-refractivity contribution >= 4 is 15.7 Å². The van der Waals surface area contributed by atoms with E-state index in [1.54, 1.807) is 16.4 Å². The minimum absolute atomic E-state index is 0.141. The van der Waals surface area contributed by atoms with E-state index >= 15 is 0 Å². The number of ether oxygens (including phenoxy) is 1. The Labute approximate surface area is 181 Å². The molecule has 1 heterocycles. The molecule has 5 nitrogen and oxygen atoms in total. The van der Waals surface area contributed by atoms with Crippen LogP contribution in [0, 0.1) is 0 Å². The van der Waals surface area contributed by atoms with E-state index in [2.05, 4.69) is 50.8 Å². The predicted molar refractivity (Wildman–Crippen MR) is 123 cm³/mol. The molecule has 3 rings (SSSR count). The van der Waals surface area contributed by atoms with E-state index in [9.17, 15) is 8.42 Å². The van der Waals surface area contributed by atoms with Crippen LogP contribution < -0.4 is 9.64 Å². The van der Waals surface area contributed by atoms with E-state index < -0.39 is 10.0 Å².